The number of halogens is 1. The lowest BCUT2D eigenvalue weighted by Gasteiger charge is -2.34. The van der Waals surface area contributed by atoms with Crippen molar-refractivity contribution in [3.63, 3.8) is 0 Å². The van der Waals surface area contributed by atoms with E-state index in [2.05, 4.69) is 11.8 Å². The normalized spacial score (nSPS) is 14.4. The van der Waals surface area contributed by atoms with Crippen molar-refractivity contribution in [3.05, 3.63) is 64.7 Å². The van der Waals surface area contributed by atoms with Gasteiger partial charge in [-0.1, -0.05) is 53.3 Å². The number of carbonyl (C=O) groups excluding carboxylic acids is 1. The number of piperazine rings is 1. The SMILES string of the molecule is COc1cc2ccccc2cc1C(=O)N1CCN(c2nc3c(C)ccc(Cl)c3s2)CC1. The van der Waals surface area contributed by atoms with Gasteiger partial charge in [0.2, 0.25) is 0 Å². The van der Waals surface area contributed by atoms with Crippen LogP contribution in [0.4, 0.5) is 5.13 Å². The second-order valence-electron chi connectivity index (χ2n) is 7.72. The molecule has 5 rings (SSSR count). The van der Waals surface area contributed by atoms with Gasteiger partial charge in [-0.2, -0.15) is 0 Å². The Morgan fingerprint density at radius 1 is 1.06 bits per heavy atom. The van der Waals surface area contributed by atoms with Gasteiger partial charge in [0.25, 0.3) is 5.91 Å². The first-order valence-corrected chi connectivity index (χ1v) is 11.4. The Labute approximate surface area is 189 Å². The third-order valence-electron chi connectivity index (χ3n) is 5.82. The highest BCUT2D eigenvalue weighted by Crippen LogP contribution is 2.36. The maximum absolute atomic E-state index is 13.3. The summed E-state index contributed by atoms with van der Waals surface area (Å²) in [6.07, 6.45) is 0. The molecule has 0 atom stereocenters. The van der Waals surface area contributed by atoms with Gasteiger partial charge in [0.05, 0.1) is 27.9 Å². The lowest BCUT2D eigenvalue weighted by atomic mass is 10.0. The molecule has 7 heteroatoms. The molecule has 31 heavy (non-hydrogen) atoms. The quantitative estimate of drug-likeness (QED) is 0.419. The summed E-state index contributed by atoms with van der Waals surface area (Å²) in [6.45, 7) is 4.79. The van der Waals surface area contributed by atoms with Crippen molar-refractivity contribution in [2.45, 2.75) is 6.92 Å². The third kappa shape index (κ3) is 3.60. The van der Waals surface area contributed by atoms with Crippen LogP contribution in [0.5, 0.6) is 5.75 Å². The fourth-order valence-corrected chi connectivity index (χ4v) is 5.42. The molecule has 0 N–H and O–H groups in total. The van der Waals surface area contributed by atoms with E-state index in [9.17, 15) is 4.79 Å². The number of aromatic nitrogens is 1. The van der Waals surface area contributed by atoms with Gasteiger partial charge < -0.3 is 14.5 Å². The molecule has 4 aromatic rings. The molecule has 0 unspecified atom stereocenters. The van der Waals surface area contributed by atoms with Gasteiger partial charge in [0.1, 0.15) is 5.75 Å². The average molecular weight is 452 g/mol. The van der Waals surface area contributed by atoms with Crippen LogP contribution in [0.25, 0.3) is 21.0 Å². The van der Waals surface area contributed by atoms with Crippen molar-refractivity contribution in [1.29, 1.82) is 0 Å². The van der Waals surface area contributed by atoms with E-state index in [1.54, 1.807) is 18.4 Å². The van der Waals surface area contributed by atoms with Crippen molar-refractivity contribution in [1.82, 2.24) is 9.88 Å². The van der Waals surface area contributed by atoms with Gasteiger partial charge in [0.15, 0.2) is 5.13 Å². The molecule has 5 nitrogen and oxygen atoms in total. The molecule has 1 saturated heterocycles. The number of carbonyl (C=O) groups is 1. The first-order valence-electron chi connectivity index (χ1n) is 10.2. The zero-order valence-electron chi connectivity index (χ0n) is 17.4. The van der Waals surface area contributed by atoms with Gasteiger partial charge in [0, 0.05) is 26.2 Å². The standard InChI is InChI=1S/C24H22ClN3O2S/c1-15-7-8-19(25)22-21(15)26-24(31-22)28-11-9-27(10-12-28)23(29)18-13-16-5-3-4-6-17(16)14-20(18)30-2/h3-8,13-14H,9-12H2,1-2H3. The van der Waals surface area contributed by atoms with Crippen LogP contribution in [0.1, 0.15) is 15.9 Å². The summed E-state index contributed by atoms with van der Waals surface area (Å²) in [5.74, 6) is 0.618. The molecular formula is C24H22ClN3O2S. The second kappa shape index (κ2) is 8.02. The summed E-state index contributed by atoms with van der Waals surface area (Å²) >= 11 is 7.99. The number of benzene rings is 3. The number of hydrogen-bond acceptors (Lipinski definition) is 5. The van der Waals surface area contributed by atoms with Crippen LogP contribution in [0.2, 0.25) is 5.02 Å². The number of anilines is 1. The Bertz CT molecular complexity index is 1260. The van der Waals surface area contributed by atoms with E-state index in [-0.39, 0.29) is 5.91 Å². The summed E-state index contributed by atoms with van der Waals surface area (Å²) < 4.78 is 6.56. The number of aryl methyl sites for hydroxylation is 1. The Hall–Kier alpha value is -2.83. The number of thiazole rings is 1. The molecule has 1 aliphatic heterocycles. The fraction of sp³-hybridized carbons (Fsp3) is 0.250. The predicted octanol–water partition coefficient (Wildman–Crippen LogP) is 5.38. The molecule has 1 aromatic heterocycles. The molecule has 1 aliphatic rings. The average Bonchev–Trinajstić information content (AvgIpc) is 3.27. The lowest BCUT2D eigenvalue weighted by molar-refractivity contribution is 0.0743. The van der Waals surface area contributed by atoms with Gasteiger partial charge >= 0.3 is 0 Å². The maximum atomic E-state index is 13.3. The van der Waals surface area contributed by atoms with E-state index in [4.69, 9.17) is 21.3 Å². The van der Waals surface area contributed by atoms with Gasteiger partial charge in [-0.25, -0.2) is 4.98 Å². The lowest BCUT2D eigenvalue weighted by Crippen LogP contribution is -2.48. The zero-order chi connectivity index (χ0) is 21.5. The maximum Gasteiger partial charge on any atom is 0.257 e. The summed E-state index contributed by atoms with van der Waals surface area (Å²) in [4.78, 5) is 22.3. The van der Waals surface area contributed by atoms with Crippen LogP contribution in [0.15, 0.2) is 48.5 Å². The van der Waals surface area contributed by atoms with Crippen molar-refractivity contribution in [3.8, 4) is 5.75 Å². The van der Waals surface area contributed by atoms with Crippen LogP contribution in [0, 0.1) is 6.92 Å². The highest BCUT2D eigenvalue weighted by Gasteiger charge is 2.26. The van der Waals surface area contributed by atoms with Gasteiger partial charge in [-0.05, 0) is 41.5 Å². The number of amides is 1. The monoisotopic (exact) mass is 451 g/mol. The second-order valence-corrected chi connectivity index (χ2v) is 9.10. The van der Waals surface area contributed by atoms with E-state index < -0.39 is 0 Å². The summed E-state index contributed by atoms with van der Waals surface area (Å²) in [5, 5.41) is 3.79. The highest BCUT2D eigenvalue weighted by molar-refractivity contribution is 7.22. The number of ether oxygens (including phenoxy) is 1. The number of hydrogen-bond donors (Lipinski definition) is 0. The fourth-order valence-electron chi connectivity index (χ4n) is 4.05. The minimum absolute atomic E-state index is 0.00504. The van der Waals surface area contributed by atoms with Crippen molar-refractivity contribution in [2.24, 2.45) is 0 Å². The van der Waals surface area contributed by atoms with Crippen LogP contribution in [-0.2, 0) is 0 Å². The Morgan fingerprint density at radius 3 is 2.45 bits per heavy atom. The molecule has 0 aliphatic carbocycles. The molecule has 0 bridgehead atoms. The highest BCUT2D eigenvalue weighted by atomic mass is 35.5. The van der Waals surface area contributed by atoms with E-state index in [1.807, 2.05) is 53.4 Å². The van der Waals surface area contributed by atoms with E-state index in [0.717, 1.165) is 49.8 Å². The minimum atomic E-state index is 0.00504. The Balaban J connectivity index is 1.36. The summed E-state index contributed by atoms with van der Waals surface area (Å²) in [7, 11) is 1.61. The van der Waals surface area contributed by atoms with Crippen LogP contribution >= 0.6 is 22.9 Å². The first kappa shape index (κ1) is 20.1. The summed E-state index contributed by atoms with van der Waals surface area (Å²) in [6, 6.07) is 15.8. The molecular weight excluding hydrogens is 430 g/mol. The molecule has 1 fully saturated rings. The van der Waals surface area contributed by atoms with E-state index in [0.29, 0.717) is 24.4 Å². The molecule has 3 aromatic carbocycles. The smallest absolute Gasteiger partial charge is 0.257 e. The van der Waals surface area contributed by atoms with Crippen molar-refractivity contribution in [2.75, 3.05) is 38.2 Å². The number of fused-ring (bicyclic) bond motifs is 2. The third-order valence-corrected chi connectivity index (χ3v) is 7.40. The van der Waals surface area contributed by atoms with Gasteiger partial charge in [-0.3, -0.25) is 4.79 Å². The van der Waals surface area contributed by atoms with Gasteiger partial charge in [-0.15, -0.1) is 0 Å². The van der Waals surface area contributed by atoms with Crippen LogP contribution in [0.3, 0.4) is 0 Å². The van der Waals surface area contributed by atoms with Crippen molar-refractivity contribution < 1.29 is 9.53 Å². The molecule has 0 radical (unpaired) electrons. The molecule has 0 spiro atoms. The molecule has 1 amide bonds. The number of methoxy groups -OCH3 is 1. The summed E-state index contributed by atoms with van der Waals surface area (Å²) in [5.41, 5.74) is 2.70. The van der Waals surface area contributed by atoms with Crippen LogP contribution in [-0.4, -0.2) is 49.1 Å². The first-order chi connectivity index (χ1) is 15.0. The van der Waals surface area contributed by atoms with Crippen molar-refractivity contribution >= 4 is 55.0 Å². The van der Waals surface area contributed by atoms with Crippen LogP contribution < -0.4 is 9.64 Å². The largest absolute Gasteiger partial charge is 0.496 e. The topological polar surface area (TPSA) is 45.7 Å². The Morgan fingerprint density at radius 2 is 1.77 bits per heavy atom. The number of nitrogens with zero attached hydrogens (tertiary/aromatic N) is 3. The number of rotatable bonds is 3. The zero-order valence-corrected chi connectivity index (χ0v) is 19.0. The predicted molar refractivity (Wildman–Crippen MR) is 128 cm³/mol. The minimum Gasteiger partial charge on any atom is -0.496 e. The van der Waals surface area contributed by atoms with E-state index in [1.165, 1.54) is 0 Å². The van der Waals surface area contributed by atoms with E-state index >= 15 is 0 Å². The molecule has 158 valence electrons. The Kier molecular flexibility index (Phi) is 5.20. The molecule has 0 saturated carbocycles. The molecule has 2 heterocycles.